The first kappa shape index (κ1) is 15.4. The second-order valence-corrected chi connectivity index (χ2v) is 5.92. The maximum absolute atomic E-state index is 12.2. The molecule has 118 valence electrons. The number of benzene rings is 2. The summed E-state index contributed by atoms with van der Waals surface area (Å²) in [5, 5.41) is 2.84. The van der Waals surface area contributed by atoms with Crippen molar-refractivity contribution in [1.82, 2.24) is 0 Å². The van der Waals surface area contributed by atoms with Gasteiger partial charge in [-0.25, -0.2) is 0 Å². The molecule has 23 heavy (non-hydrogen) atoms. The average Bonchev–Trinajstić information content (AvgIpc) is 2.56. The summed E-state index contributed by atoms with van der Waals surface area (Å²) in [5.74, 6) is 0.00731. The molecule has 0 aromatic heterocycles. The van der Waals surface area contributed by atoms with Crippen molar-refractivity contribution >= 4 is 17.4 Å². The Kier molecular flexibility index (Phi) is 4.53. The van der Waals surface area contributed by atoms with E-state index in [9.17, 15) is 9.59 Å². The molecule has 0 aliphatic heterocycles. The van der Waals surface area contributed by atoms with Gasteiger partial charge in [0.05, 0.1) is 0 Å². The third-order valence-corrected chi connectivity index (χ3v) is 4.18. The summed E-state index contributed by atoms with van der Waals surface area (Å²) in [6.45, 7) is 0. The standard InChI is InChI=1S/C19H20N2O2/c20-17(14-5-2-1-3-6-14)12-19(23)21-15-10-9-13-7-4-8-18(22)16(13)11-15/h1-3,5-6,9-11,17H,4,7-8,12,20H2,(H,21,23). The maximum atomic E-state index is 12.2. The van der Waals surface area contributed by atoms with E-state index in [0.717, 1.165) is 29.5 Å². The Morgan fingerprint density at radius 3 is 2.70 bits per heavy atom. The molecule has 1 aliphatic rings. The van der Waals surface area contributed by atoms with Crippen LogP contribution in [0.5, 0.6) is 0 Å². The lowest BCUT2D eigenvalue weighted by atomic mass is 9.90. The lowest BCUT2D eigenvalue weighted by Crippen LogP contribution is -2.21. The molecule has 0 fully saturated rings. The van der Waals surface area contributed by atoms with Crippen molar-refractivity contribution in [2.45, 2.75) is 31.7 Å². The highest BCUT2D eigenvalue weighted by Gasteiger charge is 2.18. The largest absolute Gasteiger partial charge is 0.326 e. The van der Waals surface area contributed by atoms with Gasteiger partial charge in [0.15, 0.2) is 5.78 Å². The lowest BCUT2D eigenvalue weighted by molar-refractivity contribution is -0.116. The minimum Gasteiger partial charge on any atom is -0.326 e. The van der Waals surface area contributed by atoms with Crippen LogP contribution in [0.1, 0.15) is 46.8 Å². The van der Waals surface area contributed by atoms with Crippen LogP contribution >= 0.6 is 0 Å². The van der Waals surface area contributed by atoms with E-state index in [1.165, 1.54) is 0 Å². The molecule has 3 rings (SSSR count). The van der Waals surface area contributed by atoms with E-state index in [0.29, 0.717) is 12.1 Å². The monoisotopic (exact) mass is 308 g/mol. The first-order valence-corrected chi connectivity index (χ1v) is 7.90. The first-order chi connectivity index (χ1) is 11.1. The fourth-order valence-corrected chi connectivity index (χ4v) is 2.94. The number of rotatable bonds is 4. The Hall–Kier alpha value is -2.46. The number of Topliss-reactive ketones (excluding diaryl/α,β-unsaturated/α-hetero) is 1. The zero-order chi connectivity index (χ0) is 16.2. The number of nitrogens with two attached hydrogens (primary N) is 1. The molecule has 3 N–H and O–H groups in total. The molecular formula is C19H20N2O2. The van der Waals surface area contributed by atoms with Crippen LogP contribution in [-0.4, -0.2) is 11.7 Å². The first-order valence-electron chi connectivity index (χ1n) is 7.90. The molecule has 4 heteroatoms. The number of amides is 1. The van der Waals surface area contributed by atoms with Gasteiger partial charge < -0.3 is 11.1 Å². The van der Waals surface area contributed by atoms with Crippen LogP contribution in [0.4, 0.5) is 5.69 Å². The SMILES string of the molecule is NC(CC(=O)Nc1ccc2c(c1)C(=O)CCC2)c1ccccc1. The zero-order valence-electron chi connectivity index (χ0n) is 12.9. The maximum Gasteiger partial charge on any atom is 0.226 e. The van der Waals surface area contributed by atoms with Crippen molar-refractivity contribution in [3.05, 3.63) is 65.2 Å². The Labute approximate surface area is 135 Å². The van der Waals surface area contributed by atoms with Gasteiger partial charge in [-0.15, -0.1) is 0 Å². The predicted octanol–water partition coefficient (Wildman–Crippen LogP) is 3.23. The Balaban J connectivity index is 1.66. The highest BCUT2D eigenvalue weighted by Crippen LogP contribution is 2.24. The number of ketones is 1. The van der Waals surface area contributed by atoms with E-state index in [4.69, 9.17) is 5.73 Å². The molecule has 1 aliphatic carbocycles. The van der Waals surface area contributed by atoms with Gasteiger partial charge in [0, 0.05) is 30.1 Å². The number of fused-ring (bicyclic) bond motifs is 1. The average molecular weight is 308 g/mol. The summed E-state index contributed by atoms with van der Waals surface area (Å²) in [5.41, 5.74) is 9.46. The molecule has 2 aromatic rings. The van der Waals surface area contributed by atoms with Crippen molar-refractivity contribution < 1.29 is 9.59 Å². The summed E-state index contributed by atoms with van der Waals surface area (Å²) in [7, 11) is 0. The summed E-state index contributed by atoms with van der Waals surface area (Å²) < 4.78 is 0. The summed E-state index contributed by atoms with van der Waals surface area (Å²) >= 11 is 0. The second kappa shape index (κ2) is 6.75. The molecule has 1 unspecified atom stereocenters. The third kappa shape index (κ3) is 3.66. The second-order valence-electron chi connectivity index (χ2n) is 5.92. The Morgan fingerprint density at radius 1 is 1.13 bits per heavy atom. The van der Waals surface area contributed by atoms with Crippen LogP contribution < -0.4 is 11.1 Å². The molecule has 1 amide bonds. The lowest BCUT2D eigenvalue weighted by Gasteiger charge is -2.16. The van der Waals surface area contributed by atoms with Gasteiger partial charge in [-0.05, 0) is 36.1 Å². The molecule has 0 saturated heterocycles. The highest BCUT2D eigenvalue weighted by atomic mass is 16.1. The Morgan fingerprint density at radius 2 is 1.91 bits per heavy atom. The van der Waals surface area contributed by atoms with Crippen LogP contribution in [0.15, 0.2) is 48.5 Å². The third-order valence-electron chi connectivity index (χ3n) is 4.18. The molecule has 4 nitrogen and oxygen atoms in total. The molecule has 1 atom stereocenters. The smallest absolute Gasteiger partial charge is 0.226 e. The molecule has 0 bridgehead atoms. The van der Waals surface area contributed by atoms with E-state index < -0.39 is 0 Å². The number of hydrogen-bond acceptors (Lipinski definition) is 3. The van der Waals surface area contributed by atoms with Crippen molar-refractivity contribution in [3.8, 4) is 0 Å². The van der Waals surface area contributed by atoms with Crippen LogP contribution in [-0.2, 0) is 11.2 Å². The van der Waals surface area contributed by atoms with Gasteiger partial charge in [0.2, 0.25) is 5.91 Å². The van der Waals surface area contributed by atoms with E-state index in [1.54, 1.807) is 6.07 Å². The van der Waals surface area contributed by atoms with Crippen LogP contribution in [0.25, 0.3) is 0 Å². The quantitative estimate of drug-likeness (QED) is 0.910. The summed E-state index contributed by atoms with van der Waals surface area (Å²) in [4.78, 5) is 24.1. The number of aryl methyl sites for hydroxylation is 1. The number of anilines is 1. The topological polar surface area (TPSA) is 72.2 Å². The van der Waals surface area contributed by atoms with E-state index in [1.807, 2.05) is 42.5 Å². The number of carbonyl (C=O) groups is 2. The number of hydrogen-bond donors (Lipinski definition) is 2. The van der Waals surface area contributed by atoms with Gasteiger partial charge in [0.25, 0.3) is 0 Å². The van der Waals surface area contributed by atoms with Crippen molar-refractivity contribution in [3.63, 3.8) is 0 Å². The molecule has 0 saturated carbocycles. The van der Waals surface area contributed by atoms with Crippen LogP contribution in [0, 0.1) is 0 Å². The minimum atomic E-state index is -0.338. The molecular weight excluding hydrogens is 288 g/mol. The minimum absolute atomic E-state index is 0.149. The predicted molar refractivity (Wildman–Crippen MR) is 90.3 cm³/mol. The van der Waals surface area contributed by atoms with Crippen molar-refractivity contribution in [2.24, 2.45) is 5.73 Å². The van der Waals surface area contributed by atoms with E-state index in [2.05, 4.69) is 5.32 Å². The summed E-state index contributed by atoms with van der Waals surface area (Å²) in [6.07, 6.45) is 2.62. The fourth-order valence-electron chi connectivity index (χ4n) is 2.94. The summed E-state index contributed by atoms with van der Waals surface area (Å²) in [6, 6.07) is 14.8. The van der Waals surface area contributed by atoms with Gasteiger partial charge in [-0.3, -0.25) is 9.59 Å². The van der Waals surface area contributed by atoms with Crippen molar-refractivity contribution in [2.75, 3.05) is 5.32 Å². The highest BCUT2D eigenvalue weighted by molar-refractivity contribution is 6.00. The molecule has 0 heterocycles. The van der Waals surface area contributed by atoms with Gasteiger partial charge in [0.1, 0.15) is 0 Å². The van der Waals surface area contributed by atoms with E-state index in [-0.39, 0.29) is 24.2 Å². The number of nitrogens with one attached hydrogen (secondary N) is 1. The fraction of sp³-hybridized carbons (Fsp3) is 0.263. The molecule has 2 aromatic carbocycles. The normalized spacial score (nSPS) is 14.9. The Bertz CT molecular complexity index is 725. The van der Waals surface area contributed by atoms with Crippen LogP contribution in [0.3, 0.4) is 0 Å². The van der Waals surface area contributed by atoms with Gasteiger partial charge in [-0.2, -0.15) is 0 Å². The number of carbonyl (C=O) groups excluding carboxylic acids is 2. The zero-order valence-corrected chi connectivity index (χ0v) is 12.9. The molecule has 0 spiro atoms. The van der Waals surface area contributed by atoms with Gasteiger partial charge >= 0.3 is 0 Å². The molecule has 0 radical (unpaired) electrons. The van der Waals surface area contributed by atoms with E-state index >= 15 is 0 Å². The van der Waals surface area contributed by atoms with Gasteiger partial charge in [-0.1, -0.05) is 36.4 Å². The van der Waals surface area contributed by atoms with Crippen molar-refractivity contribution in [1.29, 1.82) is 0 Å². The van der Waals surface area contributed by atoms with Crippen LogP contribution in [0.2, 0.25) is 0 Å².